The number of nitrogens with zero attached hydrogens (tertiary/aromatic N) is 2. The normalized spacial score (nSPS) is 15.7. The Labute approximate surface area is 159 Å². The minimum absolute atomic E-state index is 0.0364. The molecule has 0 amide bonds. The van der Waals surface area contributed by atoms with E-state index in [1.165, 1.54) is 12.1 Å². The van der Waals surface area contributed by atoms with Crippen molar-refractivity contribution in [1.82, 2.24) is 0 Å². The summed E-state index contributed by atoms with van der Waals surface area (Å²) in [4.78, 5) is 14.7. The largest absolute Gasteiger partial charge is 0.394 e. The van der Waals surface area contributed by atoms with E-state index in [1.807, 2.05) is 24.3 Å². The second kappa shape index (κ2) is 8.34. The number of ketones is 1. The number of nitriles is 1. The summed E-state index contributed by atoms with van der Waals surface area (Å²) >= 11 is 0. The van der Waals surface area contributed by atoms with Crippen molar-refractivity contribution >= 4 is 27.8 Å². The third kappa shape index (κ3) is 4.19. The molecule has 0 radical (unpaired) electrons. The lowest BCUT2D eigenvalue weighted by molar-refractivity contribution is -0.115. The predicted molar refractivity (Wildman–Crippen MR) is 106 cm³/mol. The van der Waals surface area contributed by atoms with E-state index in [-0.39, 0.29) is 30.8 Å². The predicted octanol–water partition coefficient (Wildman–Crippen LogP) is 3.05. The van der Waals surface area contributed by atoms with Crippen LogP contribution in [0.4, 0.5) is 5.69 Å². The van der Waals surface area contributed by atoms with Crippen LogP contribution in [0.5, 0.6) is 0 Å². The molecule has 3 rings (SSSR count). The van der Waals surface area contributed by atoms with E-state index in [0.717, 1.165) is 29.4 Å². The molecule has 27 heavy (non-hydrogen) atoms. The zero-order valence-electron chi connectivity index (χ0n) is 15.5. The number of benzene rings is 2. The molecule has 2 aromatic rings. The van der Waals surface area contributed by atoms with Crippen LogP contribution in [0.3, 0.4) is 0 Å². The first-order valence-corrected chi connectivity index (χ1v) is 9.25. The topological polar surface area (TPSA) is 84.6 Å². The Hall–Kier alpha value is -2.68. The van der Waals surface area contributed by atoms with Crippen molar-refractivity contribution in [2.45, 2.75) is 32.3 Å². The third-order valence-electron chi connectivity index (χ3n) is 5.16. The van der Waals surface area contributed by atoms with Crippen molar-refractivity contribution in [3.8, 4) is 6.07 Å². The number of rotatable bonds is 7. The molecule has 0 aromatic heterocycles. The van der Waals surface area contributed by atoms with Gasteiger partial charge in [0, 0.05) is 25.2 Å². The fourth-order valence-electron chi connectivity index (χ4n) is 3.25. The van der Waals surface area contributed by atoms with Gasteiger partial charge in [0.05, 0.1) is 18.3 Å². The lowest BCUT2D eigenvalue weighted by Gasteiger charge is -2.33. The molecule has 1 saturated heterocycles. The van der Waals surface area contributed by atoms with Gasteiger partial charge in [0.25, 0.3) is 0 Å². The molecule has 1 unspecified atom stereocenters. The number of carbonyl (C=O) groups excluding carboxylic acids is 1. The summed E-state index contributed by atoms with van der Waals surface area (Å²) in [5, 5.41) is 29.9. The third-order valence-corrected chi connectivity index (χ3v) is 5.16. The molecule has 0 bridgehead atoms. The summed E-state index contributed by atoms with van der Waals surface area (Å²) in [6.07, 6.45) is 0.483. The molecule has 2 N–H and O–H groups in total. The first-order chi connectivity index (χ1) is 13.0. The zero-order valence-corrected chi connectivity index (χ0v) is 15.5. The highest BCUT2D eigenvalue weighted by molar-refractivity contribution is 6.06. The number of hydrogen-bond acceptors (Lipinski definition) is 5. The molecule has 0 saturated carbocycles. The summed E-state index contributed by atoms with van der Waals surface area (Å²) in [5.41, 5.74) is 2.81. The summed E-state index contributed by atoms with van der Waals surface area (Å²) < 4.78 is 0. The second-order valence-corrected chi connectivity index (χ2v) is 7.00. The van der Waals surface area contributed by atoms with Gasteiger partial charge in [-0.15, -0.1) is 0 Å². The van der Waals surface area contributed by atoms with Crippen molar-refractivity contribution < 1.29 is 15.0 Å². The van der Waals surface area contributed by atoms with Crippen LogP contribution in [-0.4, -0.2) is 41.8 Å². The SMILES string of the molecule is C/C(=C(/C#N)C(=O)CCC(O)CO)c1ccc2cc(N3CCC3)ccc2c1. The fraction of sp³-hybridized carbons (Fsp3) is 0.364. The Kier molecular flexibility index (Phi) is 5.90. The van der Waals surface area contributed by atoms with Crippen LogP contribution in [-0.2, 0) is 4.79 Å². The highest BCUT2D eigenvalue weighted by Crippen LogP contribution is 2.29. The van der Waals surface area contributed by atoms with Gasteiger partial charge >= 0.3 is 0 Å². The van der Waals surface area contributed by atoms with Crippen molar-refractivity contribution in [3.05, 3.63) is 47.5 Å². The number of aliphatic hydroxyl groups excluding tert-OH is 2. The van der Waals surface area contributed by atoms with Gasteiger partial charge in [0.1, 0.15) is 6.07 Å². The van der Waals surface area contributed by atoms with Crippen LogP contribution in [0.2, 0.25) is 0 Å². The molecular weight excluding hydrogens is 340 g/mol. The van der Waals surface area contributed by atoms with E-state index in [4.69, 9.17) is 5.11 Å². The average molecular weight is 364 g/mol. The molecule has 1 fully saturated rings. The fourth-order valence-corrected chi connectivity index (χ4v) is 3.25. The number of fused-ring (bicyclic) bond motifs is 1. The maximum atomic E-state index is 12.4. The van der Waals surface area contributed by atoms with Gasteiger partial charge < -0.3 is 15.1 Å². The van der Waals surface area contributed by atoms with E-state index in [1.54, 1.807) is 6.92 Å². The first-order valence-electron chi connectivity index (χ1n) is 9.25. The maximum Gasteiger partial charge on any atom is 0.173 e. The number of aliphatic hydroxyl groups is 2. The monoisotopic (exact) mass is 364 g/mol. The van der Waals surface area contributed by atoms with Gasteiger partial charge in [-0.3, -0.25) is 4.79 Å². The van der Waals surface area contributed by atoms with Gasteiger partial charge in [-0.1, -0.05) is 18.2 Å². The van der Waals surface area contributed by atoms with Gasteiger partial charge in [-0.05, 0) is 59.9 Å². The van der Waals surface area contributed by atoms with Crippen molar-refractivity contribution in [2.75, 3.05) is 24.6 Å². The molecule has 5 nitrogen and oxygen atoms in total. The molecule has 0 aliphatic carbocycles. The standard InChI is InChI=1S/C22H24N2O3/c1-15(21(13-23)22(27)8-7-20(26)14-25)16-3-4-18-12-19(24-9-2-10-24)6-5-17(18)11-16/h3-6,11-12,20,25-26H,2,7-10,14H2,1H3/b21-15+. The number of carbonyl (C=O) groups is 1. The molecule has 0 spiro atoms. The molecule has 1 aliphatic rings. The molecule has 1 heterocycles. The number of hydrogen-bond donors (Lipinski definition) is 2. The quantitative estimate of drug-likeness (QED) is 0.583. The molecule has 1 aliphatic heterocycles. The van der Waals surface area contributed by atoms with E-state index in [9.17, 15) is 15.2 Å². The minimum Gasteiger partial charge on any atom is -0.394 e. The van der Waals surface area contributed by atoms with E-state index < -0.39 is 6.10 Å². The molecule has 140 valence electrons. The van der Waals surface area contributed by atoms with Crippen molar-refractivity contribution in [2.24, 2.45) is 0 Å². The van der Waals surface area contributed by atoms with Crippen LogP contribution in [0.15, 0.2) is 42.0 Å². The summed E-state index contributed by atoms with van der Waals surface area (Å²) in [6.45, 7) is 3.59. The zero-order chi connectivity index (χ0) is 19.4. The Morgan fingerprint density at radius 1 is 1.22 bits per heavy atom. The lowest BCUT2D eigenvalue weighted by Crippen LogP contribution is -2.36. The summed E-state index contributed by atoms with van der Waals surface area (Å²) in [5.74, 6) is -0.310. The maximum absolute atomic E-state index is 12.4. The van der Waals surface area contributed by atoms with Gasteiger partial charge in [-0.25, -0.2) is 0 Å². The van der Waals surface area contributed by atoms with Gasteiger partial charge in [0.2, 0.25) is 0 Å². The van der Waals surface area contributed by atoms with Crippen LogP contribution < -0.4 is 4.90 Å². The van der Waals surface area contributed by atoms with Crippen LogP contribution >= 0.6 is 0 Å². The van der Waals surface area contributed by atoms with Gasteiger partial charge in [0.15, 0.2) is 5.78 Å². The van der Waals surface area contributed by atoms with E-state index in [0.29, 0.717) is 5.57 Å². The van der Waals surface area contributed by atoms with Gasteiger partial charge in [-0.2, -0.15) is 5.26 Å². The molecule has 5 heteroatoms. The number of anilines is 1. The highest BCUT2D eigenvalue weighted by atomic mass is 16.3. The summed E-state index contributed by atoms with van der Waals surface area (Å²) in [6, 6.07) is 14.3. The number of Topliss-reactive ketones (excluding diaryl/α,β-unsaturated/α-hetero) is 1. The van der Waals surface area contributed by atoms with Crippen molar-refractivity contribution in [1.29, 1.82) is 5.26 Å². The first kappa shape index (κ1) is 19.1. The Morgan fingerprint density at radius 2 is 1.93 bits per heavy atom. The minimum atomic E-state index is -0.935. The lowest BCUT2D eigenvalue weighted by atomic mass is 9.95. The average Bonchev–Trinajstić information content (AvgIpc) is 2.64. The van der Waals surface area contributed by atoms with Crippen LogP contribution in [0.1, 0.15) is 31.7 Å². The Morgan fingerprint density at radius 3 is 2.56 bits per heavy atom. The molecular formula is C22H24N2O3. The Bertz CT molecular complexity index is 923. The summed E-state index contributed by atoms with van der Waals surface area (Å²) in [7, 11) is 0. The van der Waals surface area contributed by atoms with Crippen LogP contribution in [0, 0.1) is 11.3 Å². The second-order valence-electron chi connectivity index (χ2n) is 7.00. The van der Waals surface area contributed by atoms with Crippen molar-refractivity contribution in [3.63, 3.8) is 0 Å². The molecule has 2 aromatic carbocycles. The van der Waals surface area contributed by atoms with Crippen LogP contribution in [0.25, 0.3) is 16.3 Å². The molecule has 1 atom stereocenters. The van der Waals surface area contributed by atoms with E-state index in [2.05, 4.69) is 23.1 Å². The van der Waals surface area contributed by atoms with E-state index >= 15 is 0 Å². The highest BCUT2D eigenvalue weighted by Gasteiger charge is 2.17. The number of allylic oxidation sites excluding steroid dienone is 2. The Balaban J connectivity index is 1.86. The smallest absolute Gasteiger partial charge is 0.173 e.